The Morgan fingerprint density at radius 1 is 0.917 bits per heavy atom. The molecule has 0 aliphatic heterocycles. The summed E-state index contributed by atoms with van der Waals surface area (Å²) >= 11 is 0. The van der Waals surface area contributed by atoms with Crippen LogP contribution in [0, 0.1) is 12.3 Å². The maximum absolute atomic E-state index is 2.39. The number of benzene rings is 2. The van der Waals surface area contributed by atoms with Crippen LogP contribution < -0.4 is 0 Å². The Balaban J connectivity index is 1.95. The van der Waals surface area contributed by atoms with Crippen LogP contribution in [0.1, 0.15) is 74.1 Å². The molecule has 0 nitrogen and oxygen atoms in total. The van der Waals surface area contributed by atoms with E-state index in [9.17, 15) is 0 Å². The fraction of sp³-hybridized carbons (Fsp3) is 0.500. The first kappa shape index (κ1) is 17.3. The van der Waals surface area contributed by atoms with Crippen LogP contribution in [0.4, 0.5) is 0 Å². The van der Waals surface area contributed by atoms with Crippen LogP contribution in [0.2, 0.25) is 0 Å². The molecular formula is C24H32. The highest BCUT2D eigenvalue weighted by Gasteiger charge is 2.37. The monoisotopic (exact) mass is 320 g/mol. The Bertz CT molecular complexity index is 661. The summed E-state index contributed by atoms with van der Waals surface area (Å²) in [6, 6.07) is 18.2. The number of hydrogen-bond acceptors (Lipinski definition) is 0. The van der Waals surface area contributed by atoms with Gasteiger partial charge in [0.25, 0.3) is 0 Å². The molecule has 24 heavy (non-hydrogen) atoms. The van der Waals surface area contributed by atoms with Gasteiger partial charge in [0, 0.05) is 0 Å². The molecule has 0 fully saturated rings. The van der Waals surface area contributed by atoms with Gasteiger partial charge in [-0.15, -0.1) is 0 Å². The zero-order chi connectivity index (χ0) is 17.0. The van der Waals surface area contributed by atoms with E-state index in [1.807, 2.05) is 0 Å². The van der Waals surface area contributed by atoms with Gasteiger partial charge in [0.1, 0.15) is 0 Å². The summed E-state index contributed by atoms with van der Waals surface area (Å²) in [5.41, 5.74) is 6.72. The Labute approximate surface area is 148 Å². The summed E-state index contributed by atoms with van der Waals surface area (Å²) in [7, 11) is 0. The summed E-state index contributed by atoms with van der Waals surface area (Å²) in [6.45, 7) is 6.97. The van der Waals surface area contributed by atoms with Gasteiger partial charge in [-0.1, -0.05) is 75.2 Å². The lowest BCUT2D eigenvalue weighted by molar-refractivity contribution is 0.179. The quantitative estimate of drug-likeness (QED) is 0.545. The van der Waals surface area contributed by atoms with Crippen LogP contribution in [-0.2, 0) is 12.8 Å². The van der Waals surface area contributed by atoms with E-state index in [0.29, 0.717) is 11.3 Å². The first-order valence-corrected chi connectivity index (χ1v) is 9.80. The summed E-state index contributed by atoms with van der Waals surface area (Å²) < 4.78 is 0. The highest BCUT2D eigenvalue weighted by molar-refractivity contribution is 5.37. The van der Waals surface area contributed by atoms with Crippen molar-refractivity contribution in [2.45, 2.75) is 71.6 Å². The van der Waals surface area contributed by atoms with E-state index in [0.717, 1.165) is 0 Å². The van der Waals surface area contributed by atoms with Crippen LogP contribution in [0.5, 0.6) is 0 Å². The minimum absolute atomic E-state index is 0.519. The SMILES string of the molecule is CCCC1(CCC)Cc2ccccc2C(Cc2ccccc2C)C1. The average molecular weight is 321 g/mol. The van der Waals surface area contributed by atoms with E-state index in [-0.39, 0.29) is 0 Å². The second kappa shape index (κ2) is 7.55. The van der Waals surface area contributed by atoms with Gasteiger partial charge in [0.15, 0.2) is 0 Å². The van der Waals surface area contributed by atoms with E-state index in [4.69, 9.17) is 0 Å². The summed E-state index contributed by atoms with van der Waals surface area (Å²) in [4.78, 5) is 0. The van der Waals surface area contributed by atoms with Crippen molar-refractivity contribution >= 4 is 0 Å². The average Bonchev–Trinajstić information content (AvgIpc) is 2.57. The summed E-state index contributed by atoms with van der Waals surface area (Å²) in [5, 5.41) is 0. The van der Waals surface area contributed by atoms with Gasteiger partial charge < -0.3 is 0 Å². The smallest absolute Gasteiger partial charge is 0.0113 e. The lowest BCUT2D eigenvalue weighted by Crippen LogP contribution is -2.32. The molecule has 0 radical (unpaired) electrons. The molecule has 0 spiro atoms. The van der Waals surface area contributed by atoms with Crippen LogP contribution >= 0.6 is 0 Å². The maximum Gasteiger partial charge on any atom is -0.0113 e. The topological polar surface area (TPSA) is 0 Å². The van der Waals surface area contributed by atoms with Crippen molar-refractivity contribution in [1.29, 1.82) is 0 Å². The Morgan fingerprint density at radius 3 is 2.29 bits per heavy atom. The van der Waals surface area contributed by atoms with Crippen molar-refractivity contribution in [1.82, 2.24) is 0 Å². The predicted octanol–water partition coefficient (Wildman–Crippen LogP) is 6.85. The largest absolute Gasteiger partial charge is 0.0654 e. The van der Waals surface area contributed by atoms with Crippen molar-refractivity contribution in [3.8, 4) is 0 Å². The van der Waals surface area contributed by atoms with Gasteiger partial charge >= 0.3 is 0 Å². The molecule has 0 saturated carbocycles. The van der Waals surface area contributed by atoms with Crippen LogP contribution in [0.15, 0.2) is 48.5 Å². The Morgan fingerprint density at radius 2 is 1.58 bits per heavy atom. The fourth-order valence-corrected chi connectivity index (χ4v) is 5.06. The number of fused-ring (bicyclic) bond motifs is 1. The molecular weight excluding hydrogens is 288 g/mol. The first-order valence-electron chi connectivity index (χ1n) is 9.80. The summed E-state index contributed by atoms with van der Waals surface area (Å²) in [6.07, 6.45) is 9.20. The predicted molar refractivity (Wildman–Crippen MR) is 105 cm³/mol. The molecule has 0 aromatic heterocycles. The van der Waals surface area contributed by atoms with Crippen LogP contribution in [0.25, 0.3) is 0 Å². The molecule has 1 atom stereocenters. The normalized spacial score (nSPS) is 19.0. The van der Waals surface area contributed by atoms with E-state index < -0.39 is 0 Å². The number of aryl methyl sites for hydroxylation is 1. The molecule has 0 amide bonds. The second-order valence-electron chi connectivity index (χ2n) is 7.91. The number of rotatable bonds is 6. The zero-order valence-corrected chi connectivity index (χ0v) is 15.6. The van der Waals surface area contributed by atoms with Crippen molar-refractivity contribution in [2.75, 3.05) is 0 Å². The second-order valence-corrected chi connectivity index (χ2v) is 7.91. The molecule has 2 aromatic rings. The van der Waals surface area contributed by atoms with Crippen molar-refractivity contribution in [3.05, 3.63) is 70.8 Å². The third kappa shape index (κ3) is 3.58. The van der Waals surface area contributed by atoms with Gasteiger partial charge in [-0.05, 0) is 72.6 Å². The third-order valence-corrected chi connectivity index (χ3v) is 6.03. The molecule has 1 aliphatic carbocycles. The molecule has 1 aliphatic rings. The Kier molecular flexibility index (Phi) is 5.43. The van der Waals surface area contributed by atoms with E-state index in [2.05, 4.69) is 69.3 Å². The van der Waals surface area contributed by atoms with E-state index in [1.54, 1.807) is 11.1 Å². The van der Waals surface area contributed by atoms with Gasteiger partial charge in [0.05, 0.1) is 0 Å². The molecule has 0 heterocycles. The minimum atomic E-state index is 0.519. The zero-order valence-electron chi connectivity index (χ0n) is 15.6. The van der Waals surface area contributed by atoms with E-state index in [1.165, 1.54) is 56.1 Å². The highest BCUT2D eigenvalue weighted by atomic mass is 14.4. The van der Waals surface area contributed by atoms with E-state index >= 15 is 0 Å². The molecule has 1 unspecified atom stereocenters. The lowest BCUT2D eigenvalue weighted by Gasteiger charge is -2.43. The fourth-order valence-electron chi connectivity index (χ4n) is 5.06. The molecule has 2 aromatic carbocycles. The molecule has 0 heteroatoms. The standard InChI is InChI=1S/C24H32/c1-4-14-24(15-5-2)17-21-12-8-9-13-23(21)22(18-24)16-20-11-7-6-10-19(20)3/h6-13,22H,4-5,14-18H2,1-3H3. The van der Waals surface area contributed by atoms with Gasteiger partial charge in [0.2, 0.25) is 0 Å². The molecule has 0 bridgehead atoms. The molecule has 0 saturated heterocycles. The summed E-state index contributed by atoms with van der Waals surface area (Å²) in [5.74, 6) is 0.675. The first-order chi connectivity index (χ1) is 11.7. The molecule has 0 N–H and O–H groups in total. The van der Waals surface area contributed by atoms with Crippen LogP contribution in [0.3, 0.4) is 0 Å². The Hall–Kier alpha value is -1.56. The van der Waals surface area contributed by atoms with Crippen molar-refractivity contribution < 1.29 is 0 Å². The molecule has 128 valence electrons. The van der Waals surface area contributed by atoms with Crippen molar-refractivity contribution in [2.24, 2.45) is 5.41 Å². The molecule has 3 rings (SSSR count). The van der Waals surface area contributed by atoms with Crippen LogP contribution in [-0.4, -0.2) is 0 Å². The van der Waals surface area contributed by atoms with Gasteiger partial charge in [-0.3, -0.25) is 0 Å². The lowest BCUT2D eigenvalue weighted by atomic mass is 9.62. The van der Waals surface area contributed by atoms with Crippen molar-refractivity contribution in [3.63, 3.8) is 0 Å². The number of hydrogen-bond donors (Lipinski definition) is 0. The highest BCUT2D eigenvalue weighted by Crippen LogP contribution is 2.49. The van der Waals surface area contributed by atoms with Gasteiger partial charge in [-0.2, -0.15) is 0 Å². The minimum Gasteiger partial charge on any atom is -0.0654 e. The maximum atomic E-state index is 2.39. The third-order valence-electron chi connectivity index (χ3n) is 6.03. The van der Waals surface area contributed by atoms with Gasteiger partial charge in [-0.25, -0.2) is 0 Å².